The number of hydrogen-bond donors (Lipinski definition) is 0. The Hall–Kier alpha value is -1.53. The molecule has 0 radical (unpaired) electrons. The molecule has 0 aliphatic heterocycles. The summed E-state index contributed by atoms with van der Waals surface area (Å²) in [4.78, 5) is 11.4. The van der Waals surface area contributed by atoms with Gasteiger partial charge in [0.05, 0.1) is 12.1 Å². The Bertz CT molecular complexity index is 410. The number of esters is 1. The van der Waals surface area contributed by atoms with Crippen LogP contribution in [0.15, 0.2) is 0 Å². The number of aromatic nitrogens is 3. The van der Waals surface area contributed by atoms with Gasteiger partial charge in [-0.15, -0.1) is 5.10 Å². The second-order valence-corrected chi connectivity index (χ2v) is 4.43. The highest BCUT2D eigenvalue weighted by molar-refractivity contribution is 5.88. The molecule has 0 saturated heterocycles. The average molecular weight is 247 g/mol. The van der Waals surface area contributed by atoms with E-state index < -0.39 is 29.3 Å². The van der Waals surface area contributed by atoms with Crippen molar-refractivity contribution in [1.29, 1.82) is 0 Å². The standard InChI is InChI=1S/C10H15F2N3O2/c1-5-17-9(16)6-7(8(11)12)15(14-13-6)10(2,3)4/h8H,5H2,1-4H3. The third-order valence-corrected chi connectivity index (χ3v) is 2.02. The summed E-state index contributed by atoms with van der Waals surface area (Å²) < 4.78 is 31.6. The molecule has 17 heavy (non-hydrogen) atoms. The maximum atomic E-state index is 12.9. The molecule has 0 aliphatic carbocycles. The summed E-state index contributed by atoms with van der Waals surface area (Å²) in [5.41, 5.74) is -1.60. The highest BCUT2D eigenvalue weighted by atomic mass is 19.3. The topological polar surface area (TPSA) is 57.0 Å². The maximum Gasteiger partial charge on any atom is 0.361 e. The number of halogens is 2. The summed E-state index contributed by atoms with van der Waals surface area (Å²) in [6.07, 6.45) is -2.83. The summed E-state index contributed by atoms with van der Waals surface area (Å²) in [6.45, 7) is 6.78. The van der Waals surface area contributed by atoms with E-state index in [9.17, 15) is 13.6 Å². The van der Waals surface area contributed by atoms with Gasteiger partial charge in [0.1, 0.15) is 5.69 Å². The fourth-order valence-electron chi connectivity index (χ4n) is 1.33. The van der Waals surface area contributed by atoms with Crippen LogP contribution >= 0.6 is 0 Å². The second kappa shape index (κ2) is 4.77. The van der Waals surface area contributed by atoms with Gasteiger partial charge in [-0.25, -0.2) is 18.3 Å². The van der Waals surface area contributed by atoms with Gasteiger partial charge >= 0.3 is 5.97 Å². The first kappa shape index (κ1) is 13.5. The van der Waals surface area contributed by atoms with E-state index in [4.69, 9.17) is 0 Å². The predicted molar refractivity (Wildman–Crippen MR) is 55.9 cm³/mol. The Morgan fingerprint density at radius 2 is 2.06 bits per heavy atom. The molecule has 1 aromatic heterocycles. The quantitative estimate of drug-likeness (QED) is 0.768. The number of carbonyl (C=O) groups is 1. The van der Waals surface area contributed by atoms with Crippen molar-refractivity contribution in [1.82, 2.24) is 15.0 Å². The zero-order valence-corrected chi connectivity index (χ0v) is 10.2. The monoisotopic (exact) mass is 247 g/mol. The molecule has 0 N–H and O–H groups in total. The highest BCUT2D eigenvalue weighted by Crippen LogP contribution is 2.26. The predicted octanol–water partition coefficient (Wildman–Crippen LogP) is 2.15. The summed E-state index contributed by atoms with van der Waals surface area (Å²) >= 11 is 0. The molecule has 0 aliphatic rings. The minimum atomic E-state index is -2.83. The molecular weight excluding hydrogens is 232 g/mol. The van der Waals surface area contributed by atoms with Gasteiger partial charge in [0.25, 0.3) is 6.43 Å². The van der Waals surface area contributed by atoms with Gasteiger partial charge in [0.15, 0.2) is 5.69 Å². The van der Waals surface area contributed by atoms with E-state index in [1.54, 1.807) is 27.7 Å². The van der Waals surface area contributed by atoms with E-state index in [1.165, 1.54) is 0 Å². The van der Waals surface area contributed by atoms with Crippen LogP contribution in [0, 0.1) is 0 Å². The lowest BCUT2D eigenvalue weighted by Gasteiger charge is -2.21. The van der Waals surface area contributed by atoms with E-state index in [1.807, 2.05) is 0 Å². The molecule has 0 atom stereocenters. The highest BCUT2D eigenvalue weighted by Gasteiger charge is 2.31. The van der Waals surface area contributed by atoms with Gasteiger partial charge in [0, 0.05) is 0 Å². The van der Waals surface area contributed by atoms with Gasteiger partial charge in [-0.1, -0.05) is 5.21 Å². The molecule has 0 unspecified atom stereocenters. The third-order valence-electron chi connectivity index (χ3n) is 2.02. The number of nitrogens with zero attached hydrogens (tertiary/aromatic N) is 3. The zero-order valence-electron chi connectivity index (χ0n) is 10.2. The number of carbonyl (C=O) groups excluding carboxylic acids is 1. The van der Waals surface area contributed by atoms with Crippen LogP contribution < -0.4 is 0 Å². The van der Waals surface area contributed by atoms with Crippen LogP contribution in [0.5, 0.6) is 0 Å². The van der Waals surface area contributed by atoms with Crippen LogP contribution in [0.4, 0.5) is 8.78 Å². The Morgan fingerprint density at radius 1 is 1.47 bits per heavy atom. The smallest absolute Gasteiger partial charge is 0.361 e. The summed E-state index contributed by atoms with van der Waals surface area (Å²) in [5.74, 6) is -0.877. The van der Waals surface area contributed by atoms with Crippen LogP contribution in [-0.2, 0) is 10.3 Å². The minimum Gasteiger partial charge on any atom is -0.461 e. The van der Waals surface area contributed by atoms with Crippen LogP contribution in [0.2, 0.25) is 0 Å². The Morgan fingerprint density at radius 3 is 2.47 bits per heavy atom. The number of ether oxygens (including phenoxy) is 1. The molecule has 1 rings (SSSR count). The number of alkyl halides is 2. The van der Waals surface area contributed by atoms with Crippen molar-refractivity contribution in [3.8, 4) is 0 Å². The molecule has 1 aromatic rings. The summed E-state index contributed by atoms with van der Waals surface area (Å²) in [6, 6.07) is 0. The summed E-state index contributed by atoms with van der Waals surface area (Å²) in [5, 5.41) is 7.08. The largest absolute Gasteiger partial charge is 0.461 e. The molecule has 0 aromatic carbocycles. The van der Waals surface area contributed by atoms with E-state index in [-0.39, 0.29) is 6.61 Å². The maximum absolute atomic E-state index is 12.9. The second-order valence-electron chi connectivity index (χ2n) is 4.43. The normalized spacial score (nSPS) is 11.9. The first-order valence-electron chi connectivity index (χ1n) is 5.20. The minimum absolute atomic E-state index is 0.101. The van der Waals surface area contributed by atoms with Crippen LogP contribution in [0.3, 0.4) is 0 Å². The molecule has 0 spiro atoms. The van der Waals surface area contributed by atoms with E-state index >= 15 is 0 Å². The van der Waals surface area contributed by atoms with Crippen LogP contribution in [-0.4, -0.2) is 27.6 Å². The Balaban J connectivity index is 3.25. The molecule has 5 nitrogen and oxygen atoms in total. The molecule has 96 valence electrons. The number of hydrogen-bond acceptors (Lipinski definition) is 4. The van der Waals surface area contributed by atoms with Crippen molar-refractivity contribution in [2.24, 2.45) is 0 Å². The Labute approximate surface area is 97.8 Å². The fraction of sp³-hybridized carbons (Fsp3) is 0.700. The third kappa shape index (κ3) is 2.78. The van der Waals surface area contributed by atoms with Gasteiger partial charge in [-0.05, 0) is 27.7 Å². The van der Waals surface area contributed by atoms with Crippen molar-refractivity contribution in [2.75, 3.05) is 6.61 Å². The summed E-state index contributed by atoms with van der Waals surface area (Å²) in [7, 11) is 0. The zero-order chi connectivity index (χ0) is 13.2. The van der Waals surface area contributed by atoms with E-state index in [0.29, 0.717) is 0 Å². The number of rotatable bonds is 3. The average Bonchev–Trinajstić information content (AvgIpc) is 2.61. The van der Waals surface area contributed by atoms with Crippen molar-refractivity contribution in [3.63, 3.8) is 0 Å². The lowest BCUT2D eigenvalue weighted by atomic mass is 10.1. The molecule has 0 saturated carbocycles. The molecular formula is C10H15F2N3O2. The molecule has 1 heterocycles. The van der Waals surface area contributed by atoms with Crippen molar-refractivity contribution >= 4 is 5.97 Å². The van der Waals surface area contributed by atoms with Crippen molar-refractivity contribution < 1.29 is 18.3 Å². The lowest BCUT2D eigenvalue weighted by molar-refractivity contribution is 0.0505. The molecule has 0 bridgehead atoms. The molecule has 0 fully saturated rings. The van der Waals surface area contributed by atoms with Gasteiger partial charge < -0.3 is 4.74 Å². The lowest BCUT2D eigenvalue weighted by Crippen LogP contribution is -2.26. The van der Waals surface area contributed by atoms with Crippen molar-refractivity contribution in [2.45, 2.75) is 39.7 Å². The fourth-order valence-corrected chi connectivity index (χ4v) is 1.33. The van der Waals surface area contributed by atoms with Gasteiger partial charge in [0.2, 0.25) is 0 Å². The van der Waals surface area contributed by atoms with Gasteiger partial charge in [-0.2, -0.15) is 0 Å². The van der Waals surface area contributed by atoms with E-state index in [0.717, 1.165) is 4.68 Å². The van der Waals surface area contributed by atoms with Gasteiger partial charge in [-0.3, -0.25) is 0 Å². The first-order valence-corrected chi connectivity index (χ1v) is 5.20. The van der Waals surface area contributed by atoms with Crippen molar-refractivity contribution in [3.05, 3.63) is 11.4 Å². The Kier molecular flexibility index (Phi) is 3.79. The SMILES string of the molecule is CCOC(=O)c1nnn(C(C)(C)C)c1C(F)F. The van der Waals surface area contributed by atoms with Crippen LogP contribution in [0.1, 0.15) is 50.3 Å². The van der Waals surface area contributed by atoms with E-state index in [2.05, 4.69) is 15.0 Å². The molecule has 7 heteroatoms. The molecule has 0 amide bonds. The van der Waals surface area contributed by atoms with Crippen LogP contribution in [0.25, 0.3) is 0 Å². The first-order chi connectivity index (χ1) is 7.79.